The molecule has 0 atom stereocenters. The standard InChI is InChI=1S/C15H21N3O/c1-15(2,3)13-5-7-14(8-6-13)19-12-4-10-18-11-9-16-17-18/h5-9,11H,4,10,12H2,1-3H3. The Bertz CT molecular complexity index is 483. The van der Waals surface area contributed by atoms with Gasteiger partial charge in [-0.1, -0.05) is 38.1 Å². The molecule has 0 N–H and O–H groups in total. The topological polar surface area (TPSA) is 39.9 Å². The van der Waals surface area contributed by atoms with Crippen LogP contribution in [0.15, 0.2) is 36.7 Å². The van der Waals surface area contributed by atoms with E-state index in [0.717, 1.165) is 18.7 Å². The van der Waals surface area contributed by atoms with Gasteiger partial charge >= 0.3 is 0 Å². The summed E-state index contributed by atoms with van der Waals surface area (Å²) in [6, 6.07) is 8.34. The van der Waals surface area contributed by atoms with Crippen molar-refractivity contribution in [2.75, 3.05) is 6.61 Å². The molecule has 0 spiro atoms. The molecule has 102 valence electrons. The fourth-order valence-electron chi connectivity index (χ4n) is 1.82. The van der Waals surface area contributed by atoms with E-state index in [2.05, 4.69) is 43.2 Å². The van der Waals surface area contributed by atoms with Gasteiger partial charge in [-0.25, -0.2) is 0 Å². The zero-order valence-corrected chi connectivity index (χ0v) is 11.8. The Balaban J connectivity index is 1.77. The Morgan fingerprint density at radius 2 is 1.89 bits per heavy atom. The van der Waals surface area contributed by atoms with Crippen LogP contribution in [0.3, 0.4) is 0 Å². The first-order valence-electron chi connectivity index (χ1n) is 6.63. The van der Waals surface area contributed by atoms with E-state index in [-0.39, 0.29) is 5.41 Å². The van der Waals surface area contributed by atoms with E-state index in [1.807, 2.05) is 23.0 Å². The molecule has 1 aromatic carbocycles. The van der Waals surface area contributed by atoms with Crippen LogP contribution in [0.5, 0.6) is 5.75 Å². The van der Waals surface area contributed by atoms with E-state index in [1.54, 1.807) is 6.20 Å². The molecule has 0 aliphatic rings. The Morgan fingerprint density at radius 1 is 1.16 bits per heavy atom. The molecule has 0 aliphatic carbocycles. The molecule has 0 saturated heterocycles. The van der Waals surface area contributed by atoms with Crippen LogP contribution >= 0.6 is 0 Å². The summed E-state index contributed by atoms with van der Waals surface area (Å²) in [4.78, 5) is 0. The second-order valence-electron chi connectivity index (χ2n) is 5.64. The van der Waals surface area contributed by atoms with Gasteiger partial charge in [0.2, 0.25) is 0 Å². The van der Waals surface area contributed by atoms with E-state index in [4.69, 9.17) is 4.74 Å². The first-order valence-corrected chi connectivity index (χ1v) is 6.63. The maximum absolute atomic E-state index is 5.71. The van der Waals surface area contributed by atoms with Gasteiger partial charge in [-0.15, -0.1) is 5.10 Å². The summed E-state index contributed by atoms with van der Waals surface area (Å²) in [6.45, 7) is 8.15. The number of benzene rings is 1. The van der Waals surface area contributed by atoms with Crippen LogP contribution in [0.2, 0.25) is 0 Å². The summed E-state index contributed by atoms with van der Waals surface area (Å²) in [6.07, 6.45) is 4.47. The number of aryl methyl sites for hydroxylation is 1. The quantitative estimate of drug-likeness (QED) is 0.775. The predicted octanol–water partition coefficient (Wildman–Crippen LogP) is 3.04. The first kappa shape index (κ1) is 13.6. The average molecular weight is 259 g/mol. The summed E-state index contributed by atoms with van der Waals surface area (Å²) < 4.78 is 7.52. The molecule has 2 aromatic rings. The van der Waals surface area contributed by atoms with Crippen molar-refractivity contribution < 1.29 is 4.74 Å². The fourth-order valence-corrected chi connectivity index (χ4v) is 1.82. The number of hydrogen-bond donors (Lipinski definition) is 0. The van der Waals surface area contributed by atoms with Crippen molar-refractivity contribution in [1.29, 1.82) is 0 Å². The molecule has 1 aromatic heterocycles. The Morgan fingerprint density at radius 3 is 2.47 bits per heavy atom. The second kappa shape index (κ2) is 5.87. The van der Waals surface area contributed by atoms with Crippen LogP contribution in [0, 0.1) is 0 Å². The van der Waals surface area contributed by atoms with E-state index in [9.17, 15) is 0 Å². The van der Waals surface area contributed by atoms with Crippen molar-refractivity contribution >= 4 is 0 Å². The molecule has 0 amide bonds. The molecule has 0 radical (unpaired) electrons. The summed E-state index contributed by atoms with van der Waals surface area (Å²) in [7, 11) is 0. The molecule has 0 aliphatic heterocycles. The van der Waals surface area contributed by atoms with Gasteiger partial charge in [0.1, 0.15) is 5.75 Å². The maximum atomic E-state index is 5.71. The molecule has 0 unspecified atom stereocenters. The lowest BCUT2D eigenvalue weighted by atomic mass is 9.87. The predicted molar refractivity (Wildman–Crippen MR) is 75.3 cm³/mol. The van der Waals surface area contributed by atoms with Crippen molar-refractivity contribution in [3.63, 3.8) is 0 Å². The fraction of sp³-hybridized carbons (Fsp3) is 0.467. The average Bonchev–Trinajstić information content (AvgIpc) is 2.87. The van der Waals surface area contributed by atoms with Gasteiger partial charge < -0.3 is 4.74 Å². The Hall–Kier alpha value is -1.84. The van der Waals surface area contributed by atoms with Gasteiger partial charge in [0.05, 0.1) is 12.8 Å². The Labute approximate surface area is 114 Å². The number of rotatable bonds is 5. The highest BCUT2D eigenvalue weighted by molar-refractivity contribution is 5.31. The normalized spacial score (nSPS) is 11.5. The van der Waals surface area contributed by atoms with Gasteiger partial charge in [0.15, 0.2) is 0 Å². The molecular formula is C15H21N3O. The van der Waals surface area contributed by atoms with Crippen molar-refractivity contribution in [3.8, 4) is 5.75 Å². The van der Waals surface area contributed by atoms with Crippen LogP contribution in [0.25, 0.3) is 0 Å². The van der Waals surface area contributed by atoms with Crippen LogP contribution < -0.4 is 4.74 Å². The molecule has 4 heteroatoms. The lowest BCUT2D eigenvalue weighted by molar-refractivity contribution is 0.297. The molecule has 0 saturated carbocycles. The van der Waals surface area contributed by atoms with Crippen molar-refractivity contribution in [2.24, 2.45) is 0 Å². The van der Waals surface area contributed by atoms with Crippen LogP contribution in [-0.4, -0.2) is 21.6 Å². The third-order valence-corrected chi connectivity index (χ3v) is 2.99. The van der Waals surface area contributed by atoms with Gasteiger partial charge in [0, 0.05) is 19.2 Å². The van der Waals surface area contributed by atoms with Crippen LogP contribution in [-0.2, 0) is 12.0 Å². The first-order chi connectivity index (χ1) is 9.05. The summed E-state index contributed by atoms with van der Waals surface area (Å²) in [5.41, 5.74) is 1.51. The SMILES string of the molecule is CC(C)(C)c1ccc(OCCCn2ccnn2)cc1. The number of ether oxygens (including phenoxy) is 1. The third kappa shape index (κ3) is 4.09. The van der Waals surface area contributed by atoms with Crippen molar-refractivity contribution in [3.05, 3.63) is 42.2 Å². The molecule has 4 nitrogen and oxygen atoms in total. The molecule has 2 rings (SSSR count). The molecular weight excluding hydrogens is 238 g/mol. The van der Waals surface area contributed by atoms with E-state index >= 15 is 0 Å². The minimum Gasteiger partial charge on any atom is -0.494 e. The molecule has 1 heterocycles. The Kier molecular flexibility index (Phi) is 4.20. The zero-order valence-electron chi connectivity index (χ0n) is 11.8. The van der Waals surface area contributed by atoms with Crippen molar-refractivity contribution in [1.82, 2.24) is 15.0 Å². The highest BCUT2D eigenvalue weighted by Crippen LogP contribution is 2.24. The van der Waals surface area contributed by atoms with Crippen LogP contribution in [0.1, 0.15) is 32.8 Å². The highest BCUT2D eigenvalue weighted by atomic mass is 16.5. The summed E-state index contributed by atoms with van der Waals surface area (Å²) in [5, 5.41) is 7.67. The molecule has 0 fully saturated rings. The van der Waals surface area contributed by atoms with E-state index < -0.39 is 0 Å². The largest absolute Gasteiger partial charge is 0.494 e. The monoisotopic (exact) mass is 259 g/mol. The summed E-state index contributed by atoms with van der Waals surface area (Å²) in [5.74, 6) is 0.923. The van der Waals surface area contributed by atoms with Crippen LogP contribution in [0.4, 0.5) is 0 Å². The summed E-state index contributed by atoms with van der Waals surface area (Å²) >= 11 is 0. The van der Waals surface area contributed by atoms with Gasteiger partial charge in [-0.3, -0.25) is 4.68 Å². The van der Waals surface area contributed by atoms with E-state index in [0.29, 0.717) is 6.61 Å². The van der Waals surface area contributed by atoms with Gasteiger partial charge in [-0.2, -0.15) is 0 Å². The highest BCUT2D eigenvalue weighted by Gasteiger charge is 2.12. The minimum absolute atomic E-state index is 0.186. The number of aromatic nitrogens is 3. The van der Waals surface area contributed by atoms with E-state index in [1.165, 1.54) is 5.56 Å². The maximum Gasteiger partial charge on any atom is 0.119 e. The number of hydrogen-bond acceptors (Lipinski definition) is 3. The molecule has 19 heavy (non-hydrogen) atoms. The van der Waals surface area contributed by atoms with Gasteiger partial charge in [0.25, 0.3) is 0 Å². The third-order valence-electron chi connectivity index (χ3n) is 2.99. The minimum atomic E-state index is 0.186. The lowest BCUT2D eigenvalue weighted by Crippen LogP contribution is -2.10. The zero-order chi connectivity index (χ0) is 13.7. The second-order valence-corrected chi connectivity index (χ2v) is 5.64. The lowest BCUT2D eigenvalue weighted by Gasteiger charge is -2.19. The van der Waals surface area contributed by atoms with Crippen molar-refractivity contribution in [2.45, 2.75) is 39.2 Å². The smallest absolute Gasteiger partial charge is 0.119 e. The molecule has 0 bridgehead atoms. The van der Waals surface area contributed by atoms with Gasteiger partial charge in [-0.05, 0) is 23.1 Å². The number of nitrogens with zero attached hydrogens (tertiary/aromatic N) is 3.